The number of nitrogen functional groups attached to an aromatic ring is 1. The molecular formula is C11H15FN6O3. The van der Waals surface area contributed by atoms with Crippen LogP contribution in [0, 0.1) is 0 Å². The molecule has 5 N–H and O–H groups in total. The van der Waals surface area contributed by atoms with Gasteiger partial charge in [-0.25, -0.2) is 9.37 Å². The third kappa shape index (κ3) is 2.07. The highest BCUT2D eigenvalue weighted by molar-refractivity contribution is 5.84. The van der Waals surface area contributed by atoms with E-state index in [1.54, 1.807) is 7.05 Å². The first-order valence-electron chi connectivity index (χ1n) is 6.33. The van der Waals surface area contributed by atoms with Gasteiger partial charge in [-0.2, -0.15) is 9.97 Å². The summed E-state index contributed by atoms with van der Waals surface area (Å²) in [6.07, 6.45) is -3.93. The third-order valence-corrected chi connectivity index (χ3v) is 3.42. The van der Waals surface area contributed by atoms with Crippen LogP contribution >= 0.6 is 0 Å². The minimum atomic E-state index is -1.71. The van der Waals surface area contributed by atoms with Gasteiger partial charge in [-0.3, -0.25) is 4.57 Å². The van der Waals surface area contributed by atoms with Crippen molar-refractivity contribution in [3.63, 3.8) is 0 Å². The molecule has 0 saturated carbocycles. The Morgan fingerprint density at radius 1 is 1.52 bits per heavy atom. The second-order valence-electron chi connectivity index (χ2n) is 4.69. The van der Waals surface area contributed by atoms with Crippen molar-refractivity contribution in [2.45, 2.75) is 24.6 Å². The third-order valence-electron chi connectivity index (χ3n) is 3.42. The summed E-state index contributed by atoms with van der Waals surface area (Å²) in [5.41, 5.74) is 6.30. The van der Waals surface area contributed by atoms with Gasteiger partial charge in [0.25, 0.3) is 0 Å². The summed E-state index contributed by atoms with van der Waals surface area (Å²) in [6.45, 7) is -0.483. The number of nitrogens with two attached hydrogens (primary N) is 1. The number of fused-ring (bicyclic) bond motifs is 1. The number of ether oxygens (including phenoxy) is 1. The van der Waals surface area contributed by atoms with E-state index in [-0.39, 0.29) is 11.6 Å². The van der Waals surface area contributed by atoms with Crippen molar-refractivity contribution >= 4 is 22.9 Å². The zero-order chi connectivity index (χ0) is 15.1. The van der Waals surface area contributed by atoms with Crippen molar-refractivity contribution in [1.29, 1.82) is 0 Å². The molecule has 9 nitrogen and oxygen atoms in total. The van der Waals surface area contributed by atoms with E-state index >= 15 is 0 Å². The Hall–Kier alpha value is -2.04. The molecule has 1 fully saturated rings. The topological polar surface area (TPSA) is 131 Å². The summed E-state index contributed by atoms with van der Waals surface area (Å²) in [5, 5.41) is 21.6. The van der Waals surface area contributed by atoms with Crippen LogP contribution in [-0.2, 0) is 4.74 Å². The lowest BCUT2D eigenvalue weighted by Gasteiger charge is -2.15. The van der Waals surface area contributed by atoms with Crippen LogP contribution in [0.2, 0.25) is 0 Å². The highest BCUT2D eigenvalue weighted by atomic mass is 19.1. The van der Waals surface area contributed by atoms with E-state index in [1.807, 2.05) is 0 Å². The molecule has 1 unspecified atom stereocenters. The molecule has 3 heterocycles. The molecule has 0 amide bonds. The van der Waals surface area contributed by atoms with Gasteiger partial charge >= 0.3 is 0 Å². The van der Waals surface area contributed by atoms with Crippen LogP contribution in [0.5, 0.6) is 0 Å². The van der Waals surface area contributed by atoms with Gasteiger partial charge in [0.1, 0.15) is 12.2 Å². The molecular weight excluding hydrogens is 283 g/mol. The molecule has 2 aromatic heterocycles. The van der Waals surface area contributed by atoms with Crippen molar-refractivity contribution in [3.8, 4) is 0 Å². The minimum absolute atomic E-state index is 0.00117. The number of rotatable bonds is 3. The molecule has 4 atom stereocenters. The van der Waals surface area contributed by atoms with Crippen LogP contribution in [0.25, 0.3) is 11.2 Å². The van der Waals surface area contributed by atoms with Crippen LogP contribution in [-0.4, -0.2) is 61.8 Å². The van der Waals surface area contributed by atoms with E-state index < -0.39 is 31.2 Å². The van der Waals surface area contributed by atoms with E-state index in [1.165, 1.54) is 10.9 Å². The van der Waals surface area contributed by atoms with E-state index in [0.29, 0.717) is 11.3 Å². The van der Waals surface area contributed by atoms with Gasteiger partial charge in [-0.15, -0.1) is 0 Å². The predicted octanol–water partition coefficient (Wildman–Crippen LogP) is -0.961. The van der Waals surface area contributed by atoms with Crippen molar-refractivity contribution < 1.29 is 19.3 Å². The van der Waals surface area contributed by atoms with Gasteiger partial charge in [0.05, 0.1) is 12.9 Å². The van der Waals surface area contributed by atoms with E-state index in [2.05, 4.69) is 20.3 Å². The lowest BCUT2D eigenvalue weighted by Crippen LogP contribution is -2.30. The maximum absolute atomic E-state index is 14.2. The Bertz CT molecular complexity index is 665. The fraction of sp³-hybridized carbons (Fsp3) is 0.545. The number of aromatic nitrogens is 4. The Labute approximate surface area is 118 Å². The van der Waals surface area contributed by atoms with Crippen LogP contribution in [0.3, 0.4) is 0 Å². The molecule has 0 radical (unpaired) electrons. The maximum atomic E-state index is 14.2. The number of hydrogen-bond donors (Lipinski definition) is 4. The quantitative estimate of drug-likeness (QED) is 0.569. The number of nitrogens with zero attached hydrogens (tertiary/aromatic N) is 4. The first-order valence-corrected chi connectivity index (χ1v) is 6.33. The number of hydrogen-bond acceptors (Lipinski definition) is 8. The molecule has 21 heavy (non-hydrogen) atoms. The SMILES string of the molecule is CNc1nc(N)nc2c1ncn2[C@@H]1O[C@H](CO)[C@@H](O)C1F. The maximum Gasteiger partial charge on any atom is 0.224 e. The van der Waals surface area contributed by atoms with Gasteiger partial charge in [0.15, 0.2) is 29.4 Å². The van der Waals surface area contributed by atoms with Gasteiger partial charge in [0, 0.05) is 7.05 Å². The van der Waals surface area contributed by atoms with E-state index in [0.717, 1.165) is 0 Å². The number of alkyl halides is 1. The first kappa shape index (κ1) is 13.9. The van der Waals surface area contributed by atoms with Gasteiger partial charge in [0.2, 0.25) is 5.95 Å². The van der Waals surface area contributed by atoms with Gasteiger partial charge < -0.3 is 26.0 Å². The summed E-state index contributed by atoms with van der Waals surface area (Å²) < 4.78 is 20.8. The number of halogens is 1. The van der Waals surface area contributed by atoms with Gasteiger partial charge in [-0.1, -0.05) is 0 Å². The highest BCUT2D eigenvalue weighted by Crippen LogP contribution is 2.34. The molecule has 10 heteroatoms. The van der Waals surface area contributed by atoms with Gasteiger partial charge in [-0.05, 0) is 0 Å². The molecule has 1 aliphatic heterocycles. The van der Waals surface area contributed by atoms with E-state index in [4.69, 9.17) is 15.6 Å². The summed E-state index contributed by atoms with van der Waals surface area (Å²) in [4.78, 5) is 12.1. The van der Waals surface area contributed by atoms with Crippen LogP contribution in [0.15, 0.2) is 6.33 Å². The molecule has 114 valence electrons. The fourth-order valence-corrected chi connectivity index (χ4v) is 2.37. The number of imidazole rings is 1. The smallest absolute Gasteiger partial charge is 0.224 e. The Balaban J connectivity index is 2.07. The second-order valence-corrected chi connectivity index (χ2v) is 4.69. The molecule has 0 spiro atoms. The van der Waals surface area contributed by atoms with E-state index in [9.17, 15) is 9.50 Å². The molecule has 1 saturated heterocycles. The zero-order valence-electron chi connectivity index (χ0n) is 11.1. The molecule has 0 aromatic carbocycles. The first-order chi connectivity index (χ1) is 10.1. The van der Waals surface area contributed by atoms with Crippen LogP contribution in [0.4, 0.5) is 16.2 Å². The van der Waals surface area contributed by atoms with Crippen molar-refractivity contribution in [1.82, 2.24) is 19.5 Å². The predicted molar refractivity (Wildman–Crippen MR) is 71.2 cm³/mol. The molecule has 0 bridgehead atoms. The Morgan fingerprint density at radius 2 is 2.29 bits per heavy atom. The number of anilines is 2. The summed E-state index contributed by atoms with van der Waals surface area (Å²) >= 11 is 0. The highest BCUT2D eigenvalue weighted by Gasteiger charge is 2.45. The average Bonchev–Trinajstić information content (AvgIpc) is 3.01. The molecule has 3 rings (SSSR count). The average molecular weight is 298 g/mol. The van der Waals surface area contributed by atoms with Crippen molar-refractivity contribution in [2.24, 2.45) is 0 Å². The monoisotopic (exact) mass is 298 g/mol. The van der Waals surface area contributed by atoms with Crippen LogP contribution in [0.1, 0.15) is 6.23 Å². The fourth-order valence-electron chi connectivity index (χ4n) is 2.37. The number of aliphatic hydroxyl groups is 2. The Morgan fingerprint density at radius 3 is 2.90 bits per heavy atom. The lowest BCUT2D eigenvalue weighted by molar-refractivity contribution is -0.0459. The zero-order valence-corrected chi connectivity index (χ0v) is 11.1. The summed E-state index contributed by atoms with van der Waals surface area (Å²) in [6, 6.07) is 0. The molecule has 1 aliphatic rings. The largest absolute Gasteiger partial charge is 0.394 e. The summed E-state index contributed by atoms with van der Waals surface area (Å²) in [5.74, 6) is 0.408. The standard InChI is InChI=1S/C11H15FN6O3/c1-14-8-6-9(17-11(13)16-8)18(3-15-6)10-5(12)7(20)4(2-19)21-10/h3-5,7,10,19-20H,2H2,1H3,(H3,13,14,16,17)/t4-,5?,7-,10-/m1/s1. The molecule has 0 aliphatic carbocycles. The number of nitrogens with one attached hydrogen (secondary N) is 1. The Kier molecular flexibility index (Phi) is 3.35. The van der Waals surface area contributed by atoms with Crippen molar-refractivity contribution in [2.75, 3.05) is 24.7 Å². The number of aliphatic hydroxyl groups excluding tert-OH is 2. The molecule has 2 aromatic rings. The second kappa shape index (κ2) is 5.06. The minimum Gasteiger partial charge on any atom is -0.394 e. The lowest BCUT2D eigenvalue weighted by atomic mass is 10.1. The van der Waals surface area contributed by atoms with Crippen LogP contribution < -0.4 is 11.1 Å². The summed E-state index contributed by atoms with van der Waals surface area (Å²) in [7, 11) is 1.65. The van der Waals surface area contributed by atoms with Crippen molar-refractivity contribution in [3.05, 3.63) is 6.33 Å². The normalized spacial score (nSPS) is 29.1.